The number of hydrogen-bond donors (Lipinski definition) is 3. The average molecular weight is 629 g/mol. The minimum atomic E-state index is -0.267. The first-order valence-corrected chi connectivity index (χ1v) is 16.9. The van der Waals surface area contributed by atoms with Crippen molar-refractivity contribution in [1.29, 1.82) is 0 Å². The molecule has 46 heavy (non-hydrogen) atoms. The smallest absolute Gasteiger partial charge is 0.253 e. The monoisotopic (exact) mass is 628 g/mol. The number of β-amino-alcohol motifs (C(OH)–C–C–N with tert-alkyl or cyclic N) is 1. The van der Waals surface area contributed by atoms with Gasteiger partial charge in [0.15, 0.2) is 0 Å². The van der Waals surface area contributed by atoms with Crippen LogP contribution in [0.3, 0.4) is 0 Å². The summed E-state index contributed by atoms with van der Waals surface area (Å²) in [6, 6.07) is 11.3. The maximum absolute atomic E-state index is 13.9. The molecule has 0 radical (unpaired) electrons. The number of amides is 1. The van der Waals surface area contributed by atoms with Gasteiger partial charge < -0.3 is 25.2 Å². The van der Waals surface area contributed by atoms with E-state index in [9.17, 15) is 14.7 Å². The molecule has 1 unspecified atom stereocenters. The molecule has 2 aromatic heterocycles. The number of aromatic nitrogens is 2. The Bertz CT molecular complexity index is 1560. The van der Waals surface area contributed by atoms with Crippen LogP contribution in [-0.2, 0) is 13.1 Å². The molecule has 1 aliphatic carbocycles. The Morgan fingerprint density at radius 3 is 2.41 bits per heavy atom. The number of carbonyl (C=O) groups is 1. The van der Waals surface area contributed by atoms with Crippen LogP contribution in [0.25, 0.3) is 11.1 Å². The van der Waals surface area contributed by atoms with Gasteiger partial charge in [-0.2, -0.15) is 0 Å². The lowest BCUT2D eigenvalue weighted by Crippen LogP contribution is -2.42. The molecule has 1 saturated carbocycles. The lowest BCUT2D eigenvalue weighted by atomic mass is 9.88. The first-order valence-electron chi connectivity index (χ1n) is 16.9. The lowest BCUT2D eigenvalue weighted by Gasteiger charge is -2.40. The molecule has 1 amide bonds. The second-order valence-electron chi connectivity index (χ2n) is 13.6. The van der Waals surface area contributed by atoms with E-state index in [1.54, 1.807) is 0 Å². The fourth-order valence-electron chi connectivity index (χ4n) is 7.37. The van der Waals surface area contributed by atoms with Crippen LogP contribution < -0.4 is 15.8 Å². The van der Waals surface area contributed by atoms with Crippen molar-refractivity contribution in [3.63, 3.8) is 0 Å². The fraction of sp³-hybridized carbons (Fsp3) is 0.541. The van der Waals surface area contributed by atoms with Gasteiger partial charge in [0, 0.05) is 72.5 Å². The highest BCUT2D eigenvalue weighted by molar-refractivity contribution is 5.99. The van der Waals surface area contributed by atoms with Crippen LogP contribution in [-0.4, -0.2) is 82.7 Å². The number of nitrogens with zero attached hydrogens (tertiary/aromatic N) is 4. The summed E-state index contributed by atoms with van der Waals surface area (Å²) in [5, 5.41) is 13.1. The molecule has 1 saturated heterocycles. The number of H-pyrrole nitrogens is 1. The summed E-state index contributed by atoms with van der Waals surface area (Å²) in [5.74, 6) is -0.194. The van der Waals surface area contributed by atoms with E-state index >= 15 is 0 Å². The van der Waals surface area contributed by atoms with Gasteiger partial charge in [-0.3, -0.25) is 19.5 Å². The summed E-state index contributed by atoms with van der Waals surface area (Å²) in [5.41, 5.74) is 7.58. The number of carbonyl (C=O) groups excluding carboxylic acids is 1. The highest BCUT2D eigenvalue weighted by Gasteiger charge is 2.28. The molecule has 1 atom stereocenters. The molecule has 9 heteroatoms. The van der Waals surface area contributed by atoms with Gasteiger partial charge in [0.2, 0.25) is 0 Å². The quantitative estimate of drug-likeness (QED) is 0.292. The number of aliphatic hydroxyl groups excluding tert-OH is 1. The van der Waals surface area contributed by atoms with Crippen molar-refractivity contribution in [3.05, 3.63) is 80.5 Å². The van der Waals surface area contributed by atoms with Crippen molar-refractivity contribution in [2.24, 2.45) is 0 Å². The third-order valence-electron chi connectivity index (χ3n) is 10.1. The Morgan fingerprint density at radius 1 is 1.04 bits per heavy atom. The van der Waals surface area contributed by atoms with Crippen LogP contribution in [0.4, 0.5) is 5.69 Å². The topological polar surface area (TPSA) is 105 Å². The summed E-state index contributed by atoms with van der Waals surface area (Å²) >= 11 is 0. The van der Waals surface area contributed by atoms with Gasteiger partial charge in [-0.15, -0.1) is 0 Å². The number of hydrogen-bond acceptors (Lipinski definition) is 7. The number of aliphatic hydroxyl groups is 1. The van der Waals surface area contributed by atoms with Crippen LogP contribution in [0.5, 0.6) is 0 Å². The molecule has 0 bridgehead atoms. The van der Waals surface area contributed by atoms with Gasteiger partial charge >= 0.3 is 0 Å². The van der Waals surface area contributed by atoms with E-state index in [0.29, 0.717) is 36.3 Å². The Labute approximate surface area is 274 Å². The first-order chi connectivity index (χ1) is 22.0. The van der Waals surface area contributed by atoms with Crippen molar-refractivity contribution in [1.82, 2.24) is 25.1 Å². The Balaban J connectivity index is 1.45. The zero-order chi connectivity index (χ0) is 33.0. The van der Waals surface area contributed by atoms with Crippen LogP contribution in [0.15, 0.2) is 41.3 Å². The number of benzene rings is 1. The molecular weight excluding hydrogens is 576 g/mol. The molecule has 3 aromatic rings. The lowest BCUT2D eigenvalue weighted by molar-refractivity contribution is 0.0662. The van der Waals surface area contributed by atoms with Crippen LogP contribution in [0, 0.1) is 20.8 Å². The summed E-state index contributed by atoms with van der Waals surface area (Å²) in [4.78, 5) is 41.3. The van der Waals surface area contributed by atoms with Crippen LogP contribution in [0.2, 0.25) is 0 Å². The van der Waals surface area contributed by atoms with Crippen molar-refractivity contribution >= 4 is 11.6 Å². The van der Waals surface area contributed by atoms with E-state index in [4.69, 9.17) is 4.98 Å². The highest BCUT2D eigenvalue weighted by Crippen LogP contribution is 2.35. The molecule has 2 fully saturated rings. The Hall–Kier alpha value is -3.53. The van der Waals surface area contributed by atoms with E-state index in [0.717, 1.165) is 90.9 Å². The van der Waals surface area contributed by atoms with Crippen LogP contribution >= 0.6 is 0 Å². The van der Waals surface area contributed by atoms with Gasteiger partial charge in [0.05, 0.1) is 11.8 Å². The maximum atomic E-state index is 13.9. The van der Waals surface area contributed by atoms with Gasteiger partial charge in [-0.25, -0.2) is 0 Å². The summed E-state index contributed by atoms with van der Waals surface area (Å²) in [7, 11) is 4.34. The van der Waals surface area contributed by atoms with Crippen molar-refractivity contribution < 1.29 is 9.90 Å². The third kappa shape index (κ3) is 7.88. The molecule has 9 nitrogen and oxygen atoms in total. The van der Waals surface area contributed by atoms with Crippen molar-refractivity contribution in [2.75, 3.05) is 38.6 Å². The second-order valence-corrected chi connectivity index (χ2v) is 13.6. The highest BCUT2D eigenvalue weighted by atomic mass is 16.3. The largest absolute Gasteiger partial charge is 0.392 e. The molecule has 248 valence electrons. The number of likely N-dealkylation sites (tertiary alicyclic amines) is 1. The second kappa shape index (κ2) is 14.9. The zero-order valence-electron chi connectivity index (χ0n) is 28.5. The molecule has 1 aliphatic heterocycles. The first kappa shape index (κ1) is 33.8. The molecule has 5 rings (SSSR count). The van der Waals surface area contributed by atoms with Crippen molar-refractivity contribution in [3.8, 4) is 11.1 Å². The number of pyridine rings is 2. The third-order valence-corrected chi connectivity index (χ3v) is 10.1. The normalized spacial score (nSPS) is 20.6. The predicted molar refractivity (Wildman–Crippen MR) is 185 cm³/mol. The van der Waals surface area contributed by atoms with E-state index < -0.39 is 0 Å². The van der Waals surface area contributed by atoms with E-state index in [1.807, 2.05) is 39.1 Å². The standard InChI is InChI=1S/C37H52N6O3/c1-7-43(31-14-12-30(13-15-31)41(5)6)35-19-28(27-10-11-29(38-20-27)22-42-16-8-9-32(44)23-42)18-33(26(35)4)36(45)39-21-34-24(2)17-25(3)40-37(34)46/h10-11,17-20,30-32,44H,7-9,12-16,21-23H2,1-6H3,(H,39,45)(H,40,46). The number of anilines is 1. The fourth-order valence-corrected chi connectivity index (χ4v) is 7.37. The van der Waals surface area contributed by atoms with E-state index in [2.05, 4.69) is 64.2 Å². The van der Waals surface area contributed by atoms with Crippen LogP contribution in [0.1, 0.15) is 83.9 Å². The number of piperidine rings is 1. The van der Waals surface area contributed by atoms with Gasteiger partial charge in [-0.05, 0) is 128 Å². The molecule has 0 spiro atoms. The average Bonchev–Trinajstić information content (AvgIpc) is 3.02. The Morgan fingerprint density at radius 2 is 1.78 bits per heavy atom. The number of rotatable bonds is 10. The summed E-state index contributed by atoms with van der Waals surface area (Å²) in [6.45, 7) is 11.4. The minimum Gasteiger partial charge on any atom is -0.392 e. The maximum Gasteiger partial charge on any atom is 0.253 e. The molecule has 3 heterocycles. The predicted octanol–water partition coefficient (Wildman–Crippen LogP) is 4.95. The van der Waals surface area contributed by atoms with Gasteiger partial charge in [0.25, 0.3) is 11.5 Å². The van der Waals surface area contributed by atoms with Crippen molar-refractivity contribution in [2.45, 2.75) is 97.5 Å². The molecule has 2 aliphatic rings. The number of aromatic amines is 1. The SMILES string of the molecule is CCN(c1cc(-c2ccc(CN3CCCC(O)C3)nc2)cc(C(=O)NCc2c(C)cc(C)[nH]c2=O)c1C)C1CCC(N(C)C)CC1. The minimum absolute atomic E-state index is 0.159. The van der Waals surface area contributed by atoms with E-state index in [1.165, 1.54) is 0 Å². The molecule has 3 N–H and O–H groups in total. The molecule has 1 aromatic carbocycles. The van der Waals surface area contributed by atoms with Gasteiger partial charge in [-0.1, -0.05) is 6.07 Å². The summed E-state index contributed by atoms with van der Waals surface area (Å²) in [6.07, 6.45) is 8.03. The van der Waals surface area contributed by atoms with Gasteiger partial charge in [0.1, 0.15) is 0 Å². The summed E-state index contributed by atoms with van der Waals surface area (Å²) < 4.78 is 0. The van der Waals surface area contributed by atoms with E-state index in [-0.39, 0.29) is 24.1 Å². The number of aryl methyl sites for hydroxylation is 2. The zero-order valence-corrected chi connectivity index (χ0v) is 28.5. The molecular formula is C37H52N6O3. The number of nitrogens with one attached hydrogen (secondary N) is 2. The Kier molecular flexibility index (Phi) is 11.0.